The van der Waals surface area contributed by atoms with Crippen molar-refractivity contribution in [3.63, 3.8) is 0 Å². The third-order valence-electron chi connectivity index (χ3n) is 5.12. The van der Waals surface area contributed by atoms with Crippen LogP contribution in [0.2, 0.25) is 10.0 Å². The van der Waals surface area contributed by atoms with Crippen LogP contribution in [0.15, 0.2) is 52.5 Å². The molecule has 0 aliphatic carbocycles. The smallest absolute Gasteiger partial charge is 0.300 e. The number of nitrogens with zero attached hydrogens (tertiary/aromatic N) is 1. The van der Waals surface area contributed by atoms with Crippen LogP contribution in [-0.2, 0) is 9.59 Å². The molecule has 6 nitrogen and oxygen atoms in total. The molecule has 1 saturated heterocycles. The molecule has 0 radical (unpaired) electrons. The van der Waals surface area contributed by atoms with Crippen molar-refractivity contribution in [3.8, 4) is 5.75 Å². The monoisotopic (exact) mass is 493 g/mol. The summed E-state index contributed by atoms with van der Waals surface area (Å²) in [5.41, 5.74) is -0.881. The maximum Gasteiger partial charge on any atom is 0.300 e. The van der Waals surface area contributed by atoms with Crippen LogP contribution in [0.4, 0.5) is 14.5 Å². The topological polar surface area (TPSA) is 80.0 Å². The summed E-state index contributed by atoms with van der Waals surface area (Å²) in [6.07, 6.45) is 0. The molecule has 0 bridgehead atoms. The SMILES string of the molecule is COc1c(Cl)cc(/C(O)=C2/C(=O)C(=O)N(c3cc(F)ccc3F)C2c2ccc(C)o2)cc1Cl. The molecule has 0 spiro atoms. The highest BCUT2D eigenvalue weighted by Crippen LogP contribution is 2.44. The number of rotatable bonds is 4. The third-order valence-corrected chi connectivity index (χ3v) is 5.68. The fourth-order valence-electron chi connectivity index (χ4n) is 3.67. The van der Waals surface area contributed by atoms with Crippen LogP contribution in [0.5, 0.6) is 5.75 Å². The maximum absolute atomic E-state index is 14.6. The molecule has 1 aliphatic rings. The zero-order valence-corrected chi connectivity index (χ0v) is 18.7. The highest BCUT2D eigenvalue weighted by atomic mass is 35.5. The van der Waals surface area contributed by atoms with Crippen LogP contribution in [0.1, 0.15) is 23.1 Å². The van der Waals surface area contributed by atoms with Crippen molar-refractivity contribution in [2.75, 3.05) is 12.0 Å². The molecule has 1 N–H and O–H groups in total. The van der Waals surface area contributed by atoms with Crippen molar-refractivity contribution < 1.29 is 32.6 Å². The number of hydrogen-bond acceptors (Lipinski definition) is 5. The van der Waals surface area contributed by atoms with Gasteiger partial charge in [-0.1, -0.05) is 23.2 Å². The molecule has 0 saturated carbocycles. The number of ketones is 1. The molecule has 2 heterocycles. The predicted octanol–water partition coefficient (Wildman–Crippen LogP) is 5.81. The summed E-state index contributed by atoms with van der Waals surface area (Å²) >= 11 is 12.3. The number of carbonyl (C=O) groups is 2. The Bertz CT molecular complexity index is 1310. The van der Waals surface area contributed by atoms with Crippen molar-refractivity contribution in [1.82, 2.24) is 0 Å². The maximum atomic E-state index is 14.6. The van der Waals surface area contributed by atoms with E-state index >= 15 is 0 Å². The number of anilines is 1. The van der Waals surface area contributed by atoms with Crippen LogP contribution in [0.25, 0.3) is 5.76 Å². The summed E-state index contributed by atoms with van der Waals surface area (Å²) in [5.74, 6) is -4.05. The standard InChI is InChI=1S/C23H15Cl2F2NO5/c1-10-3-6-17(33-10)19-18(20(29)11-7-13(24)22(32-2)14(25)8-11)21(30)23(31)28(19)16-9-12(26)4-5-15(16)27/h3-9,19,29H,1-2H3/b20-18-. The summed E-state index contributed by atoms with van der Waals surface area (Å²) in [6, 6.07) is 6.74. The fraction of sp³-hybridized carbons (Fsp3) is 0.130. The van der Waals surface area contributed by atoms with Gasteiger partial charge in [-0.05, 0) is 43.3 Å². The van der Waals surface area contributed by atoms with Gasteiger partial charge in [0.25, 0.3) is 11.7 Å². The Hall–Kier alpha value is -3.36. The van der Waals surface area contributed by atoms with Gasteiger partial charge in [-0.3, -0.25) is 14.5 Å². The zero-order valence-electron chi connectivity index (χ0n) is 17.2. The van der Waals surface area contributed by atoms with Gasteiger partial charge in [0, 0.05) is 11.6 Å². The number of amides is 1. The quantitative estimate of drug-likeness (QED) is 0.282. The van der Waals surface area contributed by atoms with E-state index in [0.717, 1.165) is 23.1 Å². The molecule has 170 valence electrons. The molecular formula is C23H15Cl2F2NO5. The number of methoxy groups -OCH3 is 1. The second kappa shape index (κ2) is 8.53. The first kappa shape index (κ1) is 22.8. The van der Waals surface area contributed by atoms with E-state index in [4.69, 9.17) is 32.4 Å². The Morgan fingerprint density at radius 3 is 2.33 bits per heavy atom. The number of aliphatic hydroxyl groups excluding tert-OH is 1. The number of aliphatic hydroxyl groups is 1. The first-order chi connectivity index (χ1) is 15.6. The molecule has 1 amide bonds. The van der Waals surface area contributed by atoms with E-state index in [1.54, 1.807) is 13.0 Å². The molecule has 1 fully saturated rings. The number of ether oxygens (including phenoxy) is 1. The third kappa shape index (κ3) is 3.85. The van der Waals surface area contributed by atoms with E-state index in [2.05, 4.69) is 0 Å². The fourth-order valence-corrected chi connectivity index (χ4v) is 4.31. The summed E-state index contributed by atoms with van der Waals surface area (Å²) in [7, 11) is 1.35. The Balaban J connectivity index is 1.98. The minimum absolute atomic E-state index is 0.0109. The van der Waals surface area contributed by atoms with Gasteiger partial charge >= 0.3 is 0 Å². The normalized spacial score (nSPS) is 17.6. The first-order valence-corrected chi connectivity index (χ1v) is 10.3. The molecule has 3 aromatic rings. The van der Waals surface area contributed by atoms with Gasteiger partial charge in [-0.25, -0.2) is 8.78 Å². The Morgan fingerprint density at radius 2 is 1.76 bits per heavy atom. The van der Waals surface area contributed by atoms with E-state index in [9.17, 15) is 23.5 Å². The van der Waals surface area contributed by atoms with Crippen LogP contribution in [-0.4, -0.2) is 23.9 Å². The average molecular weight is 494 g/mol. The lowest BCUT2D eigenvalue weighted by molar-refractivity contribution is -0.132. The second-order valence-electron chi connectivity index (χ2n) is 7.19. The van der Waals surface area contributed by atoms with E-state index in [0.29, 0.717) is 5.76 Å². The van der Waals surface area contributed by atoms with Gasteiger partial charge in [0.15, 0.2) is 5.75 Å². The highest BCUT2D eigenvalue weighted by molar-refractivity contribution is 6.51. The lowest BCUT2D eigenvalue weighted by atomic mass is 9.99. The van der Waals surface area contributed by atoms with Gasteiger partial charge in [0.1, 0.15) is 35.0 Å². The average Bonchev–Trinajstić information content (AvgIpc) is 3.30. The Labute approximate surface area is 196 Å². The number of furan rings is 1. The van der Waals surface area contributed by atoms with E-state index < -0.39 is 46.4 Å². The van der Waals surface area contributed by atoms with Crippen molar-refractivity contribution in [2.45, 2.75) is 13.0 Å². The van der Waals surface area contributed by atoms with E-state index in [1.165, 1.54) is 25.3 Å². The van der Waals surface area contributed by atoms with E-state index in [-0.39, 0.29) is 27.1 Å². The first-order valence-electron chi connectivity index (χ1n) is 9.49. The van der Waals surface area contributed by atoms with Gasteiger partial charge in [0.2, 0.25) is 0 Å². The Kier molecular flexibility index (Phi) is 5.90. The minimum atomic E-state index is -1.38. The highest BCUT2D eigenvalue weighted by Gasteiger charge is 2.49. The predicted molar refractivity (Wildman–Crippen MR) is 118 cm³/mol. The van der Waals surface area contributed by atoms with Crippen molar-refractivity contribution in [1.29, 1.82) is 0 Å². The van der Waals surface area contributed by atoms with E-state index in [1.807, 2.05) is 0 Å². The van der Waals surface area contributed by atoms with Crippen molar-refractivity contribution >= 4 is 46.3 Å². The largest absolute Gasteiger partial charge is 0.507 e. The molecule has 10 heteroatoms. The van der Waals surface area contributed by atoms with Gasteiger partial charge < -0.3 is 14.3 Å². The molecular weight excluding hydrogens is 479 g/mol. The van der Waals surface area contributed by atoms with Gasteiger partial charge in [0.05, 0.1) is 28.4 Å². The molecule has 2 aromatic carbocycles. The summed E-state index contributed by atoms with van der Waals surface area (Å²) in [6.45, 7) is 1.63. The number of carbonyl (C=O) groups excluding carboxylic acids is 2. The van der Waals surface area contributed by atoms with Crippen molar-refractivity contribution in [3.05, 3.63) is 86.8 Å². The molecule has 1 atom stereocenters. The molecule has 1 aromatic heterocycles. The summed E-state index contributed by atoms with van der Waals surface area (Å²) < 4.78 is 39.2. The van der Waals surface area contributed by atoms with Crippen LogP contribution in [0, 0.1) is 18.6 Å². The molecule has 1 aliphatic heterocycles. The van der Waals surface area contributed by atoms with Gasteiger partial charge in [-0.15, -0.1) is 0 Å². The van der Waals surface area contributed by atoms with Crippen LogP contribution >= 0.6 is 23.2 Å². The summed E-state index contributed by atoms with van der Waals surface area (Å²) in [4.78, 5) is 26.7. The van der Waals surface area contributed by atoms with Crippen LogP contribution in [0.3, 0.4) is 0 Å². The lowest BCUT2D eigenvalue weighted by Gasteiger charge is -2.24. The second-order valence-corrected chi connectivity index (χ2v) is 8.00. The number of halogens is 4. The summed E-state index contributed by atoms with van der Waals surface area (Å²) in [5, 5.41) is 11.1. The number of Topliss-reactive ketones (excluding diaryl/α,β-unsaturated/α-hetero) is 1. The molecule has 33 heavy (non-hydrogen) atoms. The number of aryl methyl sites for hydroxylation is 1. The number of hydrogen-bond donors (Lipinski definition) is 1. The van der Waals surface area contributed by atoms with Crippen molar-refractivity contribution in [2.24, 2.45) is 0 Å². The van der Waals surface area contributed by atoms with Gasteiger partial charge in [-0.2, -0.15) is 0 Å². The molecule has 4 rings (SSSR count). The minimum Gasteiger partial charge on any atom is -0.507 e. The Morgan fingerprint density at radius 1 is 1.09 bits per heavy atom. The number of benzene rings is 2. The molecule has 1 unspecified atom stereocenters. The lowest BCUT2D eigenvalue weighted by Crippen LogP contribution is -2.30. The van der Waals surface area contributed by atoms with Crippen LogP contribution < -0.4 is 9.64 Å². The zero-order chi connectivity index (χ0) is 24.0.